The van der Waals surface area contributed by atoms with Gasteiger partial charge in [-0.05, 0) is 49.4 Å². The van der Waals surface area contributed by atoms with Crippen molar-refractivity contribution >= 4 is 17.5 Å². The van der Waals surface area contributed by atoms with Crippen molar-refractivity contribution < 1.29 is 22.5 Å². The molecule has 0 radical (unpaired) electrons. The van der Waals surface area contributed by atoms with Crippen molar-refractivity contribution in [1.29, 1.82) is 0 Å². The lowest BCUT2D eigenvalue weighted by Gasteiger charge is -2.33. The number of carbonyl (C=O) groups is 1. The van der Waals surface area contributed by atoms with Crippen LogP contribution in [0.25, 0.3) is 11.6 Å². The Morgan fingerprint density at radius 2 is 2.03 bits per heavy atom. The van der Waals surface area contributed by atoms with Crippen molar-refractivity contribution in [1.82, 2.24) is 19.9 Å². The second-order valence-corrected chi connectivity index (χ2v) is 8.46. The van der Waals surface area contributed by atoms with Crippen LogP contribution in [0.4, 0.5) is 13.2 Å². The standard InChI is InChI=1S/C20H17ClF3N5O2/c21-13-7-10(22)1-2-12(13)20(3-4-20)19-26-18(31-28-19)15-8-14(16(23)24)27-29(15)11-5-9(6-11)17(25)30/h1-2,7-9,11,16H,3-6H2,(H2,25,30). The molecule has 2 aromatic heterocycles. The van der Waals surface area contributed by atoms with Crippen molar-refractivity contribution in [2.24, 2.45) is 11.7 Å². The van der Waals surface area contributed by atoms with Crippen molar-refractivity contribution in [3.63, 3.8) is 0 Å². The number of amides is 1. The first kappa shape index (κ1) is 20.0. The number of hydrogen-bond donors (Lipinski definition) is 1. The van der Waals surface area contributed by atoms with Crippen LogP contribution in [0.2, 0.25) is 5.02 Å². The number of hydrogen-bond acceptors (Lipinski definition) is 5. The maximum Gasteiger partial charge on any atom is 0.282 e. The normalized spacial score (nSPS) is 21.8. The van der Waals surface area contributed by atoms with E-state index in [2.05, 4.69) is 15.2 Å². The topological polar surface area (TPSA) is 99.8 Å². The van der Waals surface area contributed by atoms with Gasteiger partial charge in [-0.3, -0.25) is 9.48 Å². The third-order valence-corrected chi connectivity index (χ3v) is 6.42. The minimum Gasteiger partial charge on any atom is -0.369 e. The van der Waals surface area contributed by atoms with Crippen LogP contribution in [-0.2, 0) is 10.2 Å². The fourth-order valence-electron chi connectivity index (χ4n) is 4.12. The van der Waals surface area contributed by atoms with Gasteiger partial charge < -0.3 is 10.3 Å². The molecule has 2 aliphatic rings. The largest absolute Gasteiger partial charge is 0.369 e. The third kappa shape index (κ3) is 3.29. The lowest BCUT2D eigenvalue weighted by Crippen LogP contribution is -2.37. The molecule has 0 bridgehead atoms. The Kier molecular flexibility index (Phi) is 4.58. The van der Waals surface area contributed by atoms with Gasteiger partial charge in [0.25, 0.3) is 12.3 Å². The minimum absolute atomic E-state index is 0.0430. The summed E-state index contributed by atoms with van der Waals surface area (Å²) in [5, 5.41) is 8.33. The second kappa shape index (κ2) is 7.08. The highest BCUT2D eigenvalue weighted by atomic mass is 35.5. The molecular formula is C20H17ClF3N5O2. The summed E-state index contributed by atoms with van der Waals surface area (Å²) in [5.41, 5.74) is 5.24. The first-order valence-electron chi connectivity index (χ1n) is 9.75. The van der Waals surface area contributed by atoms with Gasteiger partial charge in [0, 0.05) is 10.9 Å². The van der Waals surface area contributed by atoms with Gasteiger partial charge in [0.2, 0.25) is 5.91 Å². The average Bonchev–Trinajstić information content (AvgIpc) is 3.10. The first-order valence-corrected chi connectivity index (χ1v) is 10.1. The molecule has 2 N–H and O–H groups in total. The number of aromatic nitrogens is 4. The summed E-state index contributed by atoms with van der Waals surface area (Å²) in [7, 11) is 0. The molecule has 1 aromatic carbocycles. The van der Waals surface area contributed by atoms with E-state index in [4.69, 9.17) is 21.9 Å². The molecule has 3 aromatic rings. The lowest BCUT2D eigenvalue weighted by atomic mass is 9.80. The first-order chi connectivity index (χ1) is 14.8. The number of nitrogens with two attached hydrogens (primary N) is 1. The zero-order valence-corrected chi connectivity index (χ0v) is 16.8. The molecule has 1 amide bonds. The summed E-state index contributed by atoms with van der Waals surface area (Å²) in [6.45, 7) is 0. The van der Waals surface area contributed by atoms with E-state index >= 15 is 0 Å². The van der Waals surface area contributed by atoms with Gasteiger partial charge in [0.1, 0.15) is 17.2 Å². The van der Waals surface area contributed by atoms with E-state index in [0.717, 1.165) is 0 Å². The molecule has 0 spiro atoms. The van der Waals surface area contributed by atoms with Crippen molar-refractivity contribution in [2.45, 2.75) is 43.6 Å². The molecule has 2 heterocycles. The number of rotatable bonds is 6. The summed E-state index contributed by atoms with van der Waals surface area (Å²) in [6.07, 6.45) is -0.572. The highest BCUT2D eigenvalue weighted by Crippen LogP contribution is 2.54. The summed E-state index contributed by atoms with van der Waals surface area (Å²) < 4.78 is 46.9. The Labute approximate surface area is 179 Å². The predicted octanol–water partition coefficient (Wildman–Crippen LogP) is 4.18. The number of nitrogens with zero attached hydrogens (tertiary/aromatic N) is 4. The molecular weight excluding hydrogens is 435 g/mol. The maximum absolute atomic E-state index is 13.5. The highest BCUT2D eigenvalue weighted by molar-refractivity contribution is 6.31. The van der Waals surface area contributed by atoms with Gasteiger partial charge in [-0.1, -0.05) is 22.8 Å². The third-order valence-electron chi connectivity index (χ3n) is 6.11. The zero-order valence-electron chi connectivity index (χ0n) is 16.1. The van der Waals surface area contributed by atoms with Crippen LogP contribution in [0, 0.1) is 11.7 Å². The molecule has 0 saturated heterocycles. The fraction of sp³-hybridized carbons (Fsp3) is 0.400. The van der Waals surface area contributed by atoms with Crippen molar-refractivity contribution in [2.75, 3.05) is 0 Å². The molecule has 2 saturated carbocycles. The van der Waals surface area contributed by atoms with Crippen LogP contribution < -0.4 is 5.73 Å². The Hall–Kier alpha value is -2.88. The van der Waals surface area contributed by atoms with Gasteiger partial charge in [-0.15, -0.1) is 0 Å². The number of halogens is 4. The van der Waals surface area contributed by atoms with E-state index in [0.29, 0.717) is 37.1 Å². The number of alkyl halides is 2. The fourth-order valence-corrected chi connectivity index (χ4v) is 4.46. The van der Waals surface area contributed by atoms with Gasteiger partial charge in [0.15, 0.2) is 5.82 Å². The van der Waals surface area contributed by atoms with E-state index < -0.39 is 29.3 Å². The van der Waals surface area contributed by atoms with Crippen molar-refractivity contribution in [3.8, 4) is 11.6 Å². The molecule has 7 nitrogen and oxygen atoms in total. The number of carbonyl (C=O) groups excluding carboxylic acids is 1. The van der Waals surface area contributed by atoms with Crippen LogP contribution in [0.5, 0.6) is 0 Å². The molecule has 5 rings (SSSR count). The van der Waals surface area contributed by atoms with Crippen LogP contribution in [-0.4, -0.2) is 25.8 Å². The van der Waals surface area contributed by atoms with Crippen molar-refractivity contribution in [3.05, 3.63) is 52.2 Å². The quantitative estimate of drug-likeness (QED) is 0.606. The average molecular weight is 452 g/mol. The Morgan fingerprint density at radius 3 is 2.65 bits per heavy atom. The van der Waals surface area contributed by atoms with E-state index in [1.807, 2.05) is 0 Å². The molecule has 2 fully saturated rings. The number of benzene rings is 1. The Morgan fingerprint density at radius 1 is 1.29 bits per heavy atom. The van der Waals surface area contributed by atoms with Gasteiger partial charge in [0.05, 0.1) is 11.5 Å². The highest BCUT2D eigenvalue weighted by Gasteiger charge is 2.51. The molecule has 162 valence electrons. The smallest absolute Gasteiger partial charge is 0.282 e. The van der Waals surface area contributed by atoms with Gasteiger partial charge in [-0.25, -0.2) is 13.2 Å². The summed E-state index contributed by atoms with van der Waals surface area (Å²) >= 11 is 6.24. The van der Waals surface area contributed by atoms with Gasteiger partial charge in [-0.2, -0.15) is 10.1 Å². The Balaban J connectivity index is 1.49. The van der Waals surface area contributed by atoms with E-state index in [1.165, 1.54) is 22.9 Å². The predicted molar refractivity (Wildman–Crippen MR) is 103 cm³/mol. The Bertz CT molecular complexity index is 1170. The van der Waals surface area contributed by atoms with Gasteiger partial charge >= 0.3 is 0 Å². The second-order valence-electron chi connectivity index (χ2n) is 8.05. The SMILES string of the molecule is NC(=O)C1CC(n2nc(C(F)F)cc2-c2nc(C3(c4ccc(F)cc4Cl)CC3)no2)C1. The lowest BCUT2D eigenvalue weighted by molar-refractivity contribution is -0.125. The summed E-state index contributed by atoms with van der Waals surface area (Å²) in [6, 6.07) is 5.09. The van der Waals surface area contributed by atoms with E-state index in [1.54, 1.807) is 6.07 Å². The molecule has 0 unspecified atom stereocenters. The molecule has 0 aliphatic heterocycles. The summed E-state index contributed by atoms with van der Waals surface area (Å²) in [5.74, 6) is -0.791. The molecule has 0 atom stereocenters. The van der Waals surface area contributed by atoms with Crippen LogP contribution in [0.15, 0.2) is 28.8 Å². The van der Waals surface area contributed by atoms with Crippen LogP contribution in [0.3, 0.4) is 0 Å². The minimum atomic E-state index is -2.78. The van der Waals surface area contributed by atoms with Crippen LogP contribution in [0.1, 0.15) is 55.2 Å². The summed E-state index contributed by atoms with van der Waals surface area (Å²) in [4.78, 5) is 15.8. The molecule has 11 heteroatoms. The number of primary amides is 1. The zero-order chi connectivity index (χ0) is 21.9. The van der Waals surface area contributed by atoms with E-state index in [9.17, 15) is 18.0 Å². The monoisotopic (exact) mass is 451 g/mol. The molecule has 2 aliphatic carbocycles. The van der Waals surface area contributed by atoms with Crippen LogP contribution >= 0.6 is 11.6 Å². The maximum atomic E-state index is 13.5. The van der Waals surface area contributed by atoms with E-state index in [-0.39, 0.29) is 28.6 Å². The molecule has 31 heavy (non-hydrogen) atoms.